The number of Topliss-reactive ketones (excluding diaryl/α,β-unsaturated/α-hetero) is 1. The van der Waals surface area contributed by atoms with Gasteiger partial charge in [-0.25, -0.2) is 4.79 Å². The molecule has 0 bridgehead atoms. The van der Waals surface area contributed by atoms with Crippen molar-refractivity contribution >= 4 is 17.3 Å². The molecule has 150 valence electrons. The van der Waals surface area contributed by atoms with Crippen molar-refractivity contribution in [3.8, 4) is 0 Å². The Kier molecular flexibility index (Phi) is 5.15. The van der Waals surface area contributed by atoms with E-state index in [2.05, 4.69) is 32.9 Å². The van der Waals surface area contributed by atoms with Gasteiger partial charge in [-0.05, 0) is 49.3 Å². The molecule has 0 aromatic heterocycles. The molecule has 0 radical (unpaired) electrons. The molecule has 2 fully saturated rings. The first-order valence-electron chi connectivity index (χ1n) is 10.2. The first kappa shape index (κ1) is 19.3. The van der Waals surface area contributed by atoms with Gasteiger partial charge in [-0.15, -0.1) is 0 Å². The smallest absolute Gasteiger partial charge is 0.337 e. The predicted octanol–water partition coefficient (Wildman–Crippen LogP) is 3.40. The highest BCUT2D eigenvalue weighted by Crippen LogP contribution is 2.53. The number of ether oxygens (including phenoxy) is 3. The summed E-state index contributed by atoms with van der Waals surface area (Å²) in [7, 11) is 1.47. The van der Waals surface area contributed by atoms with Crippen molar-refractivity contribution in [2.75, 3.05) is 13.7 Å². The fourth-order valence-electron chi connectivity index (χ4n) is 4.96. The van der Waals surface area contributed by atoms with Crippen LogP contribution >= 0.6 is 0 Å². The van der Waals surface area contributed by atoms with Crippen molar-refractivity contribution in [2.45, 2.75) is 58.7 Å². The molecule has 5 nitrogen and oxygen atoms in total. The first-order chi connectivity index (χ1) is 13.5. The zero-order valence-electron chi connectivity index (χ0n) is 17.0. The summed E-state index contributed by atoms with van der Waals surface area (Å²) in [5.74, 6) is -0.0419. The number of fused-ring (bicyclic) bond motifs is 2. The average Bonchev–Trinajstić information content (AvgIpc) is 3.40. The summed E-state index contributed by atoms with van der Waals surface area (Å²) >= 11 is 0. The number of hydrogen-bond acceptors (Lipinski definition) is 5. The number of rotatable bonds is 6. The highest BCUT2D eigenvalue weighted by molar-refractivity contribution is 6.26. The number of hydrogen-bond donors (Lipinski definition) is 0. The Bertz CT molecular complexity index is 828. The lowest BCUT2D eigenvalue weighted by atomic mass is 9.80. The van der Waals surface area contributed by atoms with E-state index in [0.29, 0.717) is 11.3 Å². The molecule has 5 heteroatoms. The van der Waals surface area contributed by atoms with Gasteiger partial charge in [-0.2, -0.15) is 0 Å². The van der Waals surface area contributed by atoms with Crippen LogP contribution in [0.5, 0.6) is 0 Å². The van der Waals surface area contributed by atoms with Gasteiger partial charge in [0.15, 0.2) is 5.78 Å². The van der Waals surface area contributed by atoms with Crippen molar-refractivity contribution < 1.29 is 23.8 Å². The van der Waals surface area contributed by atoms with Gasteiger partial charge in [-0.1, -0.05) is 31.5 Å². The van der Waals surface area contributed by atoms with Crippen LogP contribution in [-0.4, -0.2) is 37.7 Å². The summed E-state index contributed by atoms with van der Waals surface area (Å²) in [4.78, 5) is 25.8. The molecular weight excluding hydrogens is 356 g/mol. The van der Waals surface area contributed by atoms with Gasteiger partial charge in [0.05, 0.1) is 17.8 Å². The van der Waals surface area contributed by atoms with Crippen LogP contribution in [0, 0.1) is 18.8 Å². The Morgan fingerprint density at radius 3 is 2.29 bits per heavy atom. The van der Waals surface area contributed by atoms with E-state index >= 15 is 0 Å². The molecule has 3 unspecified atom stereocenters. The minimum absolute atomic E-state index is 0.0808. The zero-order valence-corrected chi connectivity index (χ0v) is 17.0. The van der Waals surface area contributed by atoms with Crippen LogP contribution < -0.4 is 0 Å². The molecule has 1 saturated heterocycles. The van der Waals surface area contributed by atoms with E-state index in [1.807, 2.05) is 0 Å². The minimum Gasteiger partial charge on any atom is -0.428 e. The SMILES string of the molecule is CCc1cc(C)cc(CC)c1C1=C(OC(=O)COC)[C@H]2CC3OC3CC2C1=O. The van der Waals surface area contributed by atoms with Crippen molar-refractivity contribution in [1.82, 2.24) is 0 Å². The Hall–Kier alpha value is -1.98. The summed E-state index contributed by atoms with van der Waals surface area (Å²) in [5, 5.41) is 0. The normalized spacial score (nSPS) is 28.2. The predicted molar refractivity (Wildman–Crippen MR) is 105 cm³/mol. The molecule has 0 N–H and O–H groups in total. The Balaban J connectivity index is 1.86. The minimum atomic E-state index is -0.453. The third-order valence-corrected chi connectivity index (χ3v) is 6.26. The van der Waals surface area contributed by atoms with Gasteiger partial charge in [0, 0.05) is 18.9 Å². The third-order valence-electron chi connectivity index (χ3n) is 6.26. The highest BCUT2D eigenvalue weighted by Gasteiger charge is 2.56. The summed E-state index contributed by atoms with van der Waals surface area (Å²) in [6.07, 6.45) is 3.49. The zero-order chi connectivity index (χ0) is 20.0. The average molecular weight is 384 g/mol. The number of esters is 1. The number of ketones is 1. The highest BCUT2D eigenvalue weighted by atomic mass is 16.6. The number of carbonyl (C=O) groups excluding carboxylic acids is 2. The molecule has 1 aromatic rings. The quantitative estimate of drug-likeness (QED) is 0.556. The number of epoxide rings is 1. The van der Waals surface area contributed by atoms with Crippen LogP contribution in [0.3, 0.4) is 0 Å². The number of carbonyl (C=O) groups is 2. The lowest BCUT2D eigenvalue weighted by Crippen LogP contribution is -2.27. The topological polar surface area (TPSA) is 65.1 Å². The summed E-state index contributed by atoms with van der Waals surface area (Å²) < 4.78 is 16.4. The Labute approximate surface area is 166 Å². The molecule has 4 rings (SSSR count). The van der Waals surface area contributed by atoms with Gasteiger partial charge in [0.2, 0.25) is 0 Å². The van der Waals surface area contributed by atoms with Crippen molar-refractivity contribution in [3.05, 3.63) is 40.1 Å². The molecule has 28 heavy (non-hydrogen) atoms. The van der Waals surface area contributed by atoms with Crippen molar-refractivity contribution in [1.29, 1.82) is 0 Å². The molecule has 1 aromatic carbocycles. The Morgan fingerprint density at radius 2 is 1.71 bits per heavy atom. The summed E-state index contributed by atoms with van der Waals surface area (Å²) in [5.41, 5.74) is 5.06. The molecule has 1 aliphatic heterocycles. The van der Waals surface area contributed by atoms with E-state index in [4.69, 9.17) is 14.2 Å². The summed E-state index contributed by atoms with van der Waals surface area (Å²) in [6, 6.07) is 4.29. The maximum absolute atomic E-state index is 13.5. The largest absolute Gasteiger partial charge is 0.428 e. The van der Waals surface area contributed by atoms with Crippen LogP contribution in [0.15, 0.2) is 17.9 Å². The second-order valence-corrected chi connectivity index (χ2v) is 8.07. The molecule has 2 aliphatic carbocycles. The van der Waals surface area contributed by atoms with E-state index in [1.165, 1.54) is 12.7 Å². The molecule has 3 aliphatic rings. The van der Waals surface area contributed by atoms with Gasteiger partial charge < -0.3 is 14.2 Å². The monoisotopic (exact) mass is 384 g/mol. The maximum Gasteiger partial charge on any atom is 0.337 e. The lowest BCUT2D eigenvalue weighted by Gasteiger charge is -2.22. The van der Waals surface area contributed by atoms with Crippen molar-refractivity contribution in [2.24, 2.45) is 11.8 Å². The fraction of sp³-hybridized carbons (Fsp3) is 0.565. The molecule has 1 heterocycles. The molecule has 4 atom stereocenters. The van der Waals surface area contributed by atoms with Crippen LogP contribution in [0.2, 0.25) is 0 Å². The van der Waals surface area contributed by atoms with Gasteiger partial charge in [0.1, 0.15) is 12.4 Å². The molecule has 1 saturated carbocycles. The van der Waals surface area contributed by atoms with Crippen LogP contribution in [-0.2, 0) is 36.6 Å². The standard InChI is InChI=1S/C23H28O5/c1-5-13-7-12(3)8-14(6-2)20(13)21-22(25)15-9-17-18(27-17)10-16(15)23(21)28-19(24)11-26-4/h7-8,15-18H,5-6,9-11H2,1-4H3/t15?,16-,17?,18?/m0/s1. The van der Waals surface area contributed by atoms with E-state index in [0.717, 1.165) is 42.4 Å². The second-order valence-electron chi connectivity index (χ2n) is 8.07. The summed E-state index contributed by atoms with van der Waals surface area (Å²) in [6.45, 7) is 6.16. The van der Waals surface area contributed by atoms with Gasteiger partial charge in [0.25, 0.3) is 0 Å². The molecule has 0 spiro atoms. The number of benzene rings is 1. The van der Waals surface area contributed by atoms with Crippen LogP contribution in [0.25, 0.3) is 5.57 Å². The lowest BCUT2D eigenvalue weighted by molar-refractivity contribution is -0.144. The fourth-order valence-corrected chi connectivity index (χ4v) is 4.96. The third kappa shape index (κ3) is 3.20. The van der Waals surface area contributed by atoms with Crippen LogP contribution in [0.4, 0.5) is 0 Å². The van der Waals surface area contributed by atoms with E-state index < -0.39 is 5.97 Å². The van der Waals surface area contributed by atoms with Crippen LogP contribution in [0.1, 0.15) is 48.9 Å². The maximum atomic E-state index is 13.5. The second kappa shape index (κ2) is 7.45. The number of allylic oxidation sites excluding steroid dienone is 2. The number of methoxy groups -OCH3 is 1. The molecular formula is C23H28O5. The van der Waals surface area contributed by atoms with Gasteiger partial charge in [-0.3, -0.25) is 4.79 Å². The van der Waals surface area contributed by atoms with E-state index in [-0.39, 0.29) is 36.4 Å². The van der Waals surface area contributed by atoms with E-state index in [9.17, 15) is 9.59 Å². The molecule has 0 amide bonds. The first-order valence-corrected chi connectivity index (χ1v) is 10.2. The van der Waals surface area contributed by atoms with Gasteiger partial charge >= 0.3 is 5.97 Å². The Morgan fingerprint density at radius 1 is 1.11 bits per heavy atom. The van der Waals surface area contributed by atoms with Crippen molar-refractivity contribution in [3.63, 3.8) is 0 Å². The number of aryl methyl sites for hydroxylation is 3. The van der Waals surface area contributed by atoms with E-state index in [1.54, 1.807) is 0 Å².